The number of hydrogen-bond acceptors (Lipinski definition) is 4. The van der Waals surface area contributed by atoms with E-state index >= 15 is 0 Å². The van der Waals surface area contributed by atoms with Crippen molar-refractivity contribution in [3.8, 4) is 10.6 Å². The Morgan fingerprint density at radius 1 is 1.08 bits per heavy atom. The molecule has 1 atom stereocenters. The molecule has 1 aromatic heterocycles. The first kappa shape index (κ1) is 17.2. The van der Waals surface area contributed by atoms with Crippen LogP contribution >= 0.6 is 11.3 Å². The number of hydrogen-bond donors (Lipinski definition) is 0. The number of benzene rings is 1. The van der Waals surface area contributed by atoms with Crippen molar-refractivity contribution < 1.29 is 9.59 Å². The SMILES string of the molecule is CC(=O)N1CCN(C(=O)C2CCc3nc(-c4ccccc4)sc3C2)CC1. The van der Waals surface area contributed by atoms with E-state index in [1.807, 2.05) is 28.0 Å². The van der Waals surface area contributed by atoms with Crippen LogP contribution in [-0.2, 0) is 22.4 Å². The minimum absolute atomic E-state index is 0.0513. The summed E-state index contributed by atoms with van der Waals surface area (Å²) in [7, 11) is 0. The number of thiazole rings is 1. The molecule has 1 unspecified atom stereocenters. The normalized spacial score (nSPS) is 20.0. The Bertz CT molecular complexity index is 810. The molecular formula is C20H23N3O2S. The first-order valence-electron chi connectivity index (χ1n) is 9.20. The summed E-state index contributed by atoms with van der Waals surface area (Å²) in [6.07, 6.45) is 2.55. The molecule has 5 nitrogen and oxygen atoms in total. The van der Waals surface area contributed by atoms with E-state index < -0.39 is 0 Å². The predicted molar refractivity (Wildman–Crippen MR) is 102 cm³/mol. The molecule has 26 heavy (non-hydrogen) atoms. The molecule has 0 bridgehead atoms. The van der Waals surface area contributed by atoms with Gasteiger partial charge in [-0.25, -0.2) is 4.98 Å². The van der Waals surface area contributed by atoms with Gasteiger partial charge in [0.05, 0.1) is 5.69 Å². The molecule has 1 saturated heterocycles. The van der Waals surface area contributed by atoms with Gasteiger partial charge < -0.3 is 9.80 Å². The highest BCUT2D eigenvalue weighted by molar-refractivity contribution is 7.15. The van der Waals surface area contributed by atoms with Crippen molar-refractivity contribution in [2.24, 2.45) is 5.92 Å². The van der Waals surface area contributed by atoms with Crippen LogP contribution < -0.4 is 0 Å². The maximum Gasteiger partial charge on any atom is 0.226 e. The lowest BCUT2D eigenvalue weighted by molar-refractivity contribution is -0.141. The van der Waals surface area contributed by atoms with Gasteiger partial charge in [-0.3, -0.25) is 9.59 Å². The zero-order valence-electron chi connectivity index (χ0n) is 15.0. The van der Waals surface area contributed by atoms with E-state index in [1.165, 1.54) is 10.6 Å². The number of aromatic nitrogens is 1. The Labute approximate surface area is 157 Å². The molecular weight excluding hydrogens is 346 g/mol. The molecule has 0 N–H and O–H groups in total. The number of carbonyl (C=O) groups is 2. The fourth-order valence-electron chi connectivity index (χ4n) is 3.79. The topological polar surface area (TPSA) is 53.5 Å². The lowest BCUT2D eigenvalue weighted by atomic mass is 9.89. The van der Waals surface area contributed by atoms with Crippen molar-refractivity contribution in [2.45, 2.75) is 26.2 Å². The highest BCUT2D eigenvalue weighted by Crippen LogP contribution is 2.35. The van der Waals surface area contributed by atoms with Gasteiger partial charge in [0.2, 0.25) is 11.8 Å². The van der Waals surface area contributed by atoms with Crippen LogP contribution in [0.2, 0.25) is 0 Å². The molecule has 2 heterocycles. The minimum Gasteiger partial charge on any atom is -0.339 e. The molecule has 1 aliphatic carbocycles. The Kier molecular flexibility index (Phi) is 4.76. The van der Waals surface area contributed by atoms with E-state index in [0.29, 0.717) is 26.2 Å². The van der Waals surface area contributed by atoms with Crippen molar-refractivity contribution in [3.63, 3.8) is 0 Å². The Morgan fingerprint density at radius 3 is 2.46 bits per heavy atom. The summed E-state index contributed by atoms with van der Waals surface area (Å²) in [6, 6.07) is 10.2. The van der Waals surface area contributed by atoms with Crippen LogP contribution in [0.15, 0.2) is 30.3 Å². The van der Waals surface area contributed by atoms with E-state index in [1.54, 1.807) is 18.3 Å². The number of aryl methyl sites for hydroxylation is 1. The van der Waals surface area contributed by atoms with Crippen LogP contribution in [0.25, 0.3) is 10.6 Å². The molecule has 2 aromatic rings. The minimum atomic E-state index is 0.0513. The van der Waals surface area contributed by atoms with Gasteiger partial charge in [0, 0.05) is 49.5 Å². The summed E-state index contributed by atoms with van der Waals surface area (Å²) in [6.45, 7) is 4.20. The lowest BCUT2D eigenvalue weighted by Gasteiger charge is -2.36. The summed E-state index contributed by atoms with van der Waals surface area (Å²) in [5.74, 6) is 0.390. The molecule has 4 rings (SSSR count). The number of piperazine rings is 1. The summed E-state index contributed by atoms with van der Waals surface area (Å²) in [5, 5.41) is 1.05. The summed E-state index contributed by atoms with van der Waals surface area (Å²) in [5.41, 5.74) is 2.31. The van der Waals surface area contributed by atoms with E-state index in [9.17, 15) is 9.59 Å². The van der Waals surface area contributed by atoms with Gasteiger partial charge >= 0.3 is 0 Å². The van der Waals surface area contributed by atoms with Crippen LogP contribution in [0.5, 0.6) is 0 Å². The Morgan fingerprint density at radius 2 is 1.77 bits per heavy atom. The maximum absolute atomic E-state index is 12.9. The largest absolute Gasteiger partial charge is 0.339 e. The highest BCUT2D eigenvalue weighted by atomic mass is 32.1. The van der Waals surface area contributed by atoms with E-state index in [-0.39, 0.29) is 17.7 Å². The standard InChI is InChI=1S/C20H23N3O2S/c1-14(24)22-9-11-23(12-10-22)20(25)16-7-8-17-18(13-16)26-19(21-17)15-5-3-2-4-6-15/h2-6,16H,7-13H2,1H3. The van der Waals surface area contributed by atoms with Crippen molar-refractivity contribution in [1.29, 1.82) is 0 Å². The quantitative estimate of drug-likeness (QED) is 0.818. The summed E-state index contributed by atoms with van der Waals surface area (Å²) < 4.78 is 0. The highest BCUT2D eigenvalue weighted by Gasteiger charge is 2.32. The Hall–Kier alpha value is -2.21. The van der Waals surface area contributed by atoms with E-state index in [2.05, 4.69) is 12.1 Å². The van der Waals surface area contributed by atoms with Crippen LogP contribution in [0.3, 0.4) is 0 Å². The van der Waals surface area contributed by atoms with Gasteiger partial charge in [-0.15, -0.1) is 11.3 Å². The summed E-state index contributed by atoms with van der Waals surface area (Å²) in [4.78, 5) is 34.2. The van der Waals surface area contributed by atoms with Crippen LogP contribution in [0, 0.1) is 5.92 Å². The van der Waals surface area contributed by atoms with E-state index in [4.69, 9.17) is 4.98 Å². The Balaban J connectivity index is 1.43. The van der Waals surface area contributed by atoms with Crippen LogP contribution in [0.4, 0.5) is 0 Å². The molecule has 6 heteroatoms. The number of amides is 2. The maximum atomic E-state index is 12.9. The molecule has 2 amide bonds. The zero-order chi connectivity index (χ0) is 18.1. The molecule has 1 aliphatic heterocycles. The second-order valence-electron chi connectivity index (χ2n) is 7.03. The third-order valence-corrected chi connectivity index (χ3v) is 6.52. The van der Waals surface area contributed by atoms with Crippen LogP contribution in [-0.4, -0.2) is 52.8 Å². The molecule has 0 spiro atoms. The molecule has 136 valence electrons. The van der Waals surface area contributed by atoms with Gasteiger partial charge in [0.15, 0.2) is 0 Å². The number of fused-ring (bicyclic) bond motifs is 1. The molecule has 0 saturated carbocycles. The third kappa shape index (κ3) is 3.38. The monoisotopic (exact) mass is 369 g/mol. The number of carbonyl (C=O) groups excluding carboxylic acids is 2. The second kappa shape index (κ2) is 7.19. The smallest absolute Gasteiger partial charge is 0.226 e. The fourth-order valence-corrected chi connectivity index (χ4v) is 4.98. The second-order valence-corrected chi connectivity index (χ2v) is 8.11. The van der Waals surface area contributed by atoms with Gasteiger partial charge in [-0.2, -0.15) is 0 Å². The lowest BCUT2D eigenvalue weighted by Crippen LogP contribution is -2.51. The molecule has 1 fully saturated rings. The molecule has 2 aliphatic rings. The molecule has 0 radical (unpaired) electrons. The average molecular weight is 369 g/mol. The fraction of sp³-hybridized carbons (Fsp3) is 0.450. The number of rotatable bonds is 2. The van der Waals surface area contributed by atoms with Crippen molar-refractivity contribution >= 4 is 23.2 Å². The van der Waals surface area contributed by atoms with Crippen molar-refractivity contribution in [1.82, 2.24) is 14.8 Å². The van der Waals surface area contributed by atoms with Crippen LogP contribution in [0.1, 0.15) is 23.9 Å². The zero-order valence-corrected chi connectivity index (χ0v) is 15.8. The van der Waals surface area contributed by atoms with Crippen molar-refractivity contribution in [2.75, 3.05) is 26.2 Å². The third-order valence-electron chi connectivity index (χ3n) is 5.35. The van der Waals surface area contributed by atoms with Gasteiger partial charge in [0.1, 0.15) is 5.01 Å². The average Bonchev–Trinajstić information content (AvgIpc) is 3.11. The van der Waals surface area contributed by atoms with Gasteiger partial charge in [0.25, 0.3) is 0 Å². The van der Waals surface area contributed by atoms with Gasteiger partial charge in [-0.05, 0) is 19.3 Å². The van der Waals surface area contributed by atoms with E-state index in [0.717, 1.165) is 29.8 Å². The number of nitrogens with zero attached hydrogens (tertiary/aromatic N) is 3. The first-order chi connectivity index (χ1) is 12.6. The first-order valence-corrected chi connectivity index (χ1v) is 10.0. The van der Waals surface area contributed by atoms with Crippen molar-refractivity contribution in [3.05, 3.63) is 40.9 Å². The summed E-state index contributed by atoms with van der Waals surface area (Å²) >= 11 is 1.73. The predicted octanol–water partition coefficient (Wildman–Crippen LogP) is 2.61. The van der Waals surface area contributed by atoms with Gasteiger partial charge in [-0.1, -0.05) is 30.3 Å². The molecule has 1 aromatic carbocycles.